The Bertz CT molecular complexity index is 909. The van der Waals surface area contributed by atoms with Crippen molar-refractivity contribution in [2.24, 2.45) is 0 Å². The maximum absolute atomic E-state index is 12.7. The Hall–Kier alpha value is -3.35. The lowest BCUT2D eigenvalue weighted by Crippen LogP contribution is -2.41. The van der Waals surface area contributed by atoms with Gasteiger partial charge in [-0.3, -0.25) is 19.3 Å². The first-order valence-corrected chi connectivity index (χ1v) is 9.13. The predicted octanol–water partition coefficient (Wildman–Crippen LogP) is 2.25. The molecule has 7 nitrogen and oxygen atoms in total. The van der Waals surface area contributed by atoms with E-state index in [2.05, 4.69) is 0 Å². The number of rotatable bonds is 4. The smallest absolute Gasteiger partial charge is 0.253 e. The second kappa shape index (κ2) is 7.34. The molecular weight excluding hydrogens is 360 g/mol. The van der Waals surface area contributed by atoms with Gasteiger partial charge < -0.3 is 14.4 Å². The van der Waals surface area contributed by atoms with Crippen LogP contribution in [0.25, 0.3) is 0 Å². The predicted molar refractivity (Wildman–Crippen MR) is 101 cm³/mol. The van der Waals surface area contributed by atoms with Gasteiger partial charge in [0.1, 0.15) is 6.61 Å². The highest BCUT2D eigenvalue weighted by Gasteiger charge is 2.30. The van der Waals surface area contributed by atoms with Crippen molar-refractivity contribution in [2.75, 3.05) is 25.1 Å². The number of para-hydroxylation sites is 2. The number of benzene rings is 2. The van der Waals surface area contributed by atoms with E-state index in [1.807, 2.05) is 24.3 Å². The summed E-state index contributed by atoms with van der Waals surface area (Å²) in [6.07, 6.45) is 0.201. The molecule has 2 aliphatic heterocycles. The van der Waals surface area contributed by atoms with Crippen LogP contribution in [0.3, 0.4) is 0 Å². The van der Waals surface area contributed by atoms with Crippen LogP contribution in [0.5, 0.6) is 11.5 Å². The summed E-state index contributed by atoms with van der Waals surface area (Å²) in [5, 5.41) is 0. The minimum Gasteiger partial charge on any atom is -0.486 e. The molecule has 7 heteroatoms. The first kappa shape index (κ1) is 18.0. The Labute approximate surface area is 162 Å². The molecule has 2 aromatic rings. The Kier molecular flexibility index (Phi) is 4.73. The van der Waals surface area contributed by atoms with Crippen molar-refractivity contribution in [3.8, 4) is 11.5 Å². The van der Waals surface area contributed by atoms with Crippen molar-refractivity contribution < 1.29 is 23.9 Å². The molecule has 2 aliphatic rings. The van der Waals surface area contributed by atoms with Gasteiger partial charge in [-0.25, -0.2) is 0 Å². The number of anilines is 1. The van der Waals surface area contributed by atoms with Crippen LogP contribution >= 0.6 is 0 Å². The lowest BCUT2D eigenvalue weighted by Gasteiger charge is -2.29. The normalized spacial score (nSPS) is 18.3. The molecule has 28 heavy (non-hydrogen) atoms. The van der Waals surface area contributed by atoms with E-state index in [1.54, 1.807) is 36.2 Å². The number of carbonyl (C=O) groups excluding carboxylic acids is 3. The van der Waals surface area contributed by atoms with E-state index >= 15 is 0 Å². The van der Waals surface area contributed by atoms with Crippen LogP contribution < -0.4 is 14.4 Å². The number of likely N-dealkylation sites (N-methyl/N-ethyl adjacent to an activating group) is 1. The van der Waals surface area contributed by atoms with Crippen LogP contribution in [0.15, 0.2) is 48.5 Å². The van der Waals surface area contributed by atoms with Crippen LogP contribution in [-0.2, 0) is 9.59 Å². The highest BCUT2D eigenvalue weighted by atomic mass is 16.6. The average Bonchev–Trinajstić information content (AvgIpc) is 3.05. The molecule has 2 heterocycles. The van der Waals surface area contributed by atoms with Gasteiger partial charge in [0.25, 0.3) is 5.91 Å². The van der Waals surface area contributed by atoms with Crippen molar-refractivity contribution in [1.29, 1.82) is 0 Å². The van der Waals surface area contributed by atoms with Crippen LogP contribution in [0.1, 0.15) is 23.2 Å². The molecule has 0 aromatic heterocycles. The highest BCUT2D eigenvalue weighted by Crippen LogP contribution is 2.31. The van der Waals surface area contributed by atoms with Crippen molar-refractivity contribution in [2.45, 2.75) is 18.9 Å². The molecule has 1 fully saturated rings. The van der Waals surface area contributed by atoms with Gasteiger partial charge in [-0.15, -0.1) is 0 Å². The fourth-order valence-corrected chi connectivity index (χ4v) is 3.38. The first-order chi connectivity index (χ1) is 13.5. The molecule has 0 saturated carbocycles. The zero-order valence-electron chi connectivity index (χ0n) is 15.5. The number of carbonyl (C=O) groups is 3. The van der Waals surface area contributed by atoms with E-state index in [0.717, 1.165) is 0 Å². The minimum atomic E-state index is -0.261. The van der Waals surface area contributed by atoms with Gasteiger partial charge >= 0.3 is 0 Å². The third-order valence-corrected chi connectivity index (χ3v) is 4.82. The summed E-state index contributed by atoms with van der Waals surface area (Å²) in [4.78, 5) is 39.1. The molecule has 3 amide bonds. The second-order valence-electron chi connectivity index (χ2n) is 6.85. The van der Waals surface area contributed by atoms with Crippen LogP contribution in [0, 0.1) is 0 Å². The first-order valence-electron chi connectivity index (χ1n) is 9.13. The van der Waals surface area contributed by atoms with Crippen molar-refractivity contribution in [3.05, 3.63) is 54.1 Å². The summed E-state index contributed by atoms with van der Waals surface area (Å²) < 4.78 is 11.6. The zero-order chi connectivity index (χ0) is 19.7. The summed E-state index contributed by atoms with van der Waals surface area (Å²) in [5.41, 5.74) is 0.967. The van der Waals surface area contributed by atoms with Gasteiger partial charge in [-0.1, -0.05) is 12.1 Å². The molecule has 144 valence electrons. The molecule has 0 radical (unpaired) electrons. The maximum atomic E-state index is 12.7. The van der Waals surface area contributed by atoms with Crippen molar-refractivity contribution in [3.63, 3.8) is 0 Å². The fourth-order valence-electron chi connectivity index (χ4n) is 3.38. The van der Waals surface area contributed by atoms with Gasteiger partial charge in [0, 0.05) is 25.5 Å². The minimum absolute atomic E-state index is 0.173. The van der Waals surface area contributed by atoms with Crippen molar-refractivity contribution >= 4 is 23.4 Å². The summed E-state index contributed by atoms with van der Waals surface area (Å²) in [5.74, 6) is 0.776. The van der Waals surface area contributed by atoms with Crippen LogP contribution in [0.2, 0.25) is 0 Å². The number of hydrogen-bond acceptors (Lipinski definition) is 5. The standard InChI is InChI=1S/C21H20N2O5/c1-22(12-16-13-27-17-4-2-3-5-18(17)28-16)21(26)14-6-8-15(9-7-14)23-19(24)10-11-20(23)25/h2-9,16H,10-13H2,1H3/t16-/m0/s1. The molecule has 0 N–H and O–H groups in total. The second-order valence-corrected chi connectivity index (χ2v) is 6.85. The van der Waals surface area contributed by atoms with Gasteiger partial charge in [0.15, 0.2) is 17.6 Å². The molecule has 0 bridgehead atoms. The molecular formula is C21H20N2O5. The van der Waals surface area contributed by atoms with Gasteiger partial charge in [0.2, 0.25) is 11.8 Å². The quantitative estimate of drug-likeness (QED) is 0.761. The largest absolute Gasteiger partial charge is 0.486 e. The Morgan fingerprint density at radius 3 is 2.36 bits per heavy atom. The van der Waals surface area contributed by atoms with E-state index < -0.39 is 0 Å². The average molecular weight is 380 g/mol. The van der Waals surface area contributed by atoms with Crippen molar-refractivity contribution in [1.82, 2.24) is 4.90 Å². The maximum Gasteiger partial charge on any atom is 0.253 e. The summed E-state index contributed by atoms with van der Waals surface area (Å²) in [6, 6.07) is 13.9. The van der Waals surface area contributed by atoms with E-state index in [-0.39, 0.29) is 36.7 Å². The van der Waals surface area contributed by atoms with Crippen LogP contribution in [0.4, 0.5) is 5.69 Å². The fraction of sp³-hybridized carbons (Fsp3) is 0.286. The summed E-state index contributed by atoms with van der Waals surface area (Å²) in [6.45, 7) is 0.741. The third kappa shape index (κ3) is 3.43. The third-order valence-electron chi connectivity index (χ3n) is 4.82. The molecule has 4 rings (SSSR count). The molecule has 1 saturated heterocycles. The highest BCUT2D eigenvalue weighted by molar-refractivity contribution is 6.19. The molecule has 0 spiro atoms. The number of ether oxygens (including phenoxy) is 2. The summed E-state index contributed by atoms with van der Waals surface area (Å²) in [7, 11) is 1.70. The topological polar surface area (TPSA) is 76.2 Å². The SMILES string of the molecule is CN(C[C@H]1COc2ccccc2O1)C(=O)c1ccc(N2C(=O)CCC2=O)cc1. The van der Waals surface area contributed by atoms with Crippen LogP contribution in [-0.4, -0.2) is 48.9 Å². The van der Waals surface area contributed by atoms with E-state index in [1.165, 1.54) is 4.90 Å². The zero-order valence-corrected chi connectivity index (χ0v) is 15.5. The number of fused-ring (bicyclic) bond motifs is 1. The Balaban J connectivity index is 1.40. The molecule has 1 atom stereocenters. The molecule has 0 unspecified atom stereocenters. The number of amides is 3. The van der Waals surface area contributed by atoms with E-state index in [9.17, 15) is 14.4 Å². The number of nitrogens with zero attached hydrogens (tertiary/aromatic N) is 2. The van der Waals surface area contributed by atoms with Gasteiger partial charge in [0.05, 0.1) is 12.2 Å². The van der Waals surface area contributed by atoms with E-state index in [0.29, 0.717) is 35.9 Å². The number of imide groups is 1. The molecule has 2 aromatic carbocycles. The molecule has 0 aliphatic carbocycles. The lowest BCUT2D eigenvalue weighted by molar-refractivity contribution is -0.121. The summed E-state index contributed by atoms with van der Waals surface area (Å²) >= 11 is 0. The Morgan fingerprint density at radius 1 is 1.04 bits per heavy atom. The Morgan fingerprint density at radius 2 is 1.68 bits per heavy atom. The monoisotopic (exact) mass is 380 g/mol. The van der Waals surface area contributed by atoms with Gasteiger partial charge in [-0.2, -0.15) is 0 Å². The van der Waals surface area contributed by atoms with E-state index in [4.69, 9.17) is 9.47 Å². The number of hydrogen-bond donors (Lipinski definition) is 0. The lowest BCUT2D eigenvalue weighted by atomic mass is 10.1. The van der Waals surface area contributed by atoms with Gasteiger partial charge in [-0.05, 0) is 36.4 Å².